The van der Waals surface area contributed by atoms with Crippen molar-refractivity contribution in [3.63, 3.8) is 0 Å². The van der Waals surface area contributed by atoms with E-state index in [2.05, 4.69) is 10.3 Å². The van der Waals surface area contributed by atoms with Crippen LogP contribution in [0, 0.1) is 11.6 Å². The molecule has 2 aromatic heterocycles. The number of carbonyl (C=O) groups is 1. The molecule has 2 heterocycles. The molecule has 0 fully saturated rings. The molecule has 1 amide bonds. The number of hydrogen-bond donors (Lipinski definition) is 1. The Bertz CT molecular complexity index is 1100. The van der Waals surface area contributed by atoms with Crippen molar-refractivity contribution in [2.24, 2.45) is 0 Å². The van der Waals surface area contributed by atoms with Crippen LogP contribution in [-0.2, 0) is 0 Å². The van der Waals surface area contributed by atoms with Gasteiger partial charge in [0.15, 0.2) is 0 Å². The second-order valence-corrected chi connectivity index (χ2v) is 6.69. The van der Waals surface area contributed by atoms with Gasteiger partial charge < -0.3 is 5.32 Å². The van der Waals surface area contributed by atoms with Gasteiger partial charge in [0.25, 0.3) is 5.91 Å². The first kappa shape index (κ1) is 19.9. The van der Waals surface area contributed by atoms with E-state index >= 15 is 0 Å². The molecule has 0 radical (unpaired) electrons. The van der Waals surface area contributed by atoms with Gasteiger partial charge in [0.1, 0.15) is 28.0 Å². The average molecular weight is 406 g/mol. The van der Waals surface area contributed by atoms with Crippen LogP contribution in [0.1, 0.15) is 36.5 Å². The fraction of sp³-hybridized carbons (Fsp3) is 0.250. The summed E-state index contributed by atoms with van der Waals surface area (Å²) in [4.78, 5) is 29.4. The lowest BCUT2D eigenvalue weighted by Crippen LogP contribution is -2.30. The summed E-state index contributed by atoms with van der Waals surface area (Å²) < 4.78 is 28.9. The Balaban J connectivity index is 2.16. The fourth-order valence-electron chi connectivity index (χ4n) is 2.87. The molecule has 3 aromatic rings. The number of unbranched alkanes of at least 4 members (excludes halogenated alkanes) is 2. The predicted octanol–water partition coefficient (Wildman–Crippen LogP) is 4.24. The Labute approximate surface area is 165 Å². The Hall–Kier alpha value is -2.80. The molecule has 0 spiro atoms. The van der Waals surface area contributed by atoms with E-state index in [0.717, 1.165) is 25.3 Å². The highest BCUT2D eigenvalue weighted by Crippen LogP contribution is 2.21. The maximum Gasteiger partial charge on any atom is 0.256 e. The summed E-state index contributed by atoms with van der Waals surface area (Å²) in [6.45, 7) is 2.47. The van der Waals surface area contributed by atoms with E-state index in [4.69, 9.17) is 11.6 Å². The van der Waals surface area contributed by atoms with Crippen LogP contribution >= 0.6 is 11.6 Å². The van der Waals surface area contributed by atoms with Gasteiger partial charge in [-0.15, -0.1) is 0 Å². The predicted molar refractivity (Wildman–Crippen MR) is 104 cm³/mol. The third-order valence-electron chi connectivity index (χ3n) is 4.30. The summed E-state index contributed by atoms with van der Waals surface area (Å²) in [7, 11) is 0. The van der Waals surface area contributed by atoms with Gasteiger partial charge in [-0.1, -0.05) is 31.4 Å². The molecule has 8 heteroatoms. The highest BCUT2D eigenvalue weighted by atomic mass is 35.5. The van der Waals surface area contributed by atoms with Crippen molar-refractivity contribution in [1.29, 1.82) is 0 Å². The number of carbonyl (C=O) groups excluding carboxylic acids is 1. The van der Waals surface area contributed by atoms with Crippen molar-refractivity contribution in [3.8, 4) is 5.69 Å². The Morgan fingerprint density at radius 3 is 2.71 bits per heavy atom. The molecule has 1 N–H and O–H groups in total. The molecule has 0 bridgehead atoms. The van der Waals surface area contributed by atoms with Gasteiger partial charge in [0, 0.05) is 18.8 Å². The van der Waals surface area contributed by atoms with Crippen molar-refractivity contribution in [1.82, 2.24) is 14.9 Å². The van der Waals surface area contributed by atoms with E-state index in [-0.39, 0.29) is 27.4 Å². The number of hydrogen-bond acceptors (Lipinski definition) is 3. The molecule has 28 heavy (non-hydrogen) atoms. The second-order valence-electron chi connectivity index (χ2n) is 6.31. The molecule has 146 valence electrons. The minimum Gasteiger partial charge on any atom is -0.352 e. The third kappa shape index (κ3) is 4.04. The van der Waals surface area contributed by atoms with Gasteiger partial charge in [-0.25, -0.2) is 13.8 Å². The number of pyridine rings is 2. The van der Waals surface area contributed by atoms with E-state index in [0.29, 0.717) is 12.6 Å². The fourth-order valence-corrected chi connectivity index (χ4v) is 3.02. The van der Waals surface area contributed by atoms with E-state index < -0.39 is 23.0 Å². The number of nitrogens with zero attached hydrogens (tertiary/aromatic N) is 2. The molecule has 0 atom stereocenters. The van der Waals surface area contributed by atoms with Crippen molar-refractivity contribution >= 4 is 28.5 Å². The van der Waals surface area contributed by atoms with Crippen LogP contribution in [0.3, 0.4) is 0 Å². The molecule has 1 aromatic carbocycles. The average Bonchev–Trinajstić information content (AvgIpc) is 2.66. The zero-order valence-corrected chi connectivity index (χ0v) is 15.9. The van der Waals surface area contributed by atoms with Crippen molar-refractivity contribution in [2.75, 3.05) is 6.54 Å². The molecular formula is C20H18ClF2N3O2. The van der Waals surface area contributed by atoms with Gasteiger partial charge in [0.2, 0.25) is 5.43 Å². The Kier molecular flexibility index (Phi) is 6.04. The van der Waals surface area contributed by atoms with Crippen LogP contribution in [0.4, 0.5) is 8.78 Å². The minimum atomic E-state index is -0.860. The first-order chi connectivity index (χ1) is 13.4. The normalized spacial score (nSPS) is 11.0. The number of amides is 1. The topological polar surface area (TPSA) is 64.0 Å². The van der Waals surface area contributed by atoms with Crippen molar-refractivity contribution in [3.05, 3.63) is 69.1 Å². The Morgan fingerprint density at radius 1 is 1.21 bits per heavy atom. The molecule has 0 saturated heterocycles. The number of fused-ring (bicyclic) bond motifs is 1. The molecule has 5 nitrogen and oxygen atoms in total. The van der Waals surface area contributed by atoms with Gasteiger partial charge in [0.05, 0.1) is 11.1 Å². The monoisotopic (exact) mass is 405 g/mol. The van der Waals surface area contributed by atoms with Gasteiger partial charge >= 0.3 is 0 Å². The number of nitrogens with one attached hydrogen (secondary N) is 1. The lowest BCUT2D eigenvalue weighted by atomic mass is 10.1. The maximum atomic E-state index is 14.4. The summed E-state index contributed by atoms with van der Waals surface area (Å²) in [5, 5.41) is 2.90. The standard InChI is InChI=1S/C20H18ClF2N3O2/c1-2-3-4-9-24-20(28)14-11-26(16-7-5-12(22)10-15(16)23)19-13(18(14)27)6-8-17(21)25-19/h5-8,10-11H,2-4,9H2,1H3,(H,24,28). The summed E-state index contributed by atoms with van der Waals surface area (Å²) in [5.41, 5.74) is -0.672. The molecule has 0 unspecified atom stereocenters. The van der Waals surface area contributed by atoms with Gasteiger partial charge in [-0.3, -0.25) is 14.2 Å². The smallest absolute Gasteiger partial charge is 0.256 e. The summed E-state index contributed by atoms with van der Waals surface area (Å²) >= 11 is 5.94. The lowest BCUT2D eigenvalue weighted by molar-refractivity contribution is 0.0951. The number of halogens is 3. The quantitative estimate of drug-likeness (QED) is 0.493. The van der Waals surface area contributed by atoms with E-state index in [1.54, 1.807) is 0 Å². The van der Waals surface area contributed by atoms with Crippen LogP contribution in [0.2, 0.25) is 5.15 Å². The van der Waals surface area contributed by atoms with Crippen LogP contribution in [0.25, 0.3) is 16.7 Å². The third-order valence-corrected chi connectivity index (χ3v) is 4.51. The number of benzene rings is 1. The summed E-state index contributed by atoms with van der Waals surface area (Å²) in [6.07, 6.45) is 3.94. The zero-order chi connectivity index (χ0) is 20.3. The highest BCUT2D eigenvalue weighted by molar-refractivity contribution is 6.29. The molecule has 0 aliphatic rings. The van der Waals surface area contributed by atoms with Gasteiger partial charge in [-0.2, -0.15) is 0 Å². The zero-order valence-electron chi connectivity index (χ0n) is 15.1. The van der Waals surface area contributed by atoms with Gasteiger partial charge in [-0.05, 0) is 30.7 Å². The largest absolute Gasteiger partial charge is 0.352 e. The van der Waals surface area contributed by atoms with Crippen LogP contribution < -0.4 is 10.7 Å². The first-order valence-corrected chi connectivity index (χ1v) is 9.25. The SMILES string of the molecule is CCCCCNC(=O)c1cn(-c2ccc(F)cc2F)c2nc(Cl)ccc2c1=O. The second kappa shape index (κ2) is 8.48. The molecule has 0 aliphatic carbocycles. The van der Waals surface area contributed by atoms with Crippen LogP contribution in [0.5, 0.6) is 0 Å². The van der Waals surface area contributed by atoms with E-state index in [1.165, 1.54) is 29.0 Å². The Morgan fingerprint density at radius 2 is 2.00 bits per heavy atom. The van der Waals surface area contributed by atoms with E-state index in [9.17, 15) is 18.4 Å². The van der Waals surface area contributed by atoms with E-state index in [1.807, 2.05) is 6.92 Å². The molecule has 0 saturated carbocycles. The van der Waals surface area contributed by atoms with Crippen LogP contribution in [-0.4, -0.2) is 22.0 Å². The summed E-state index contributed by atoms with van der Waals surface area (Å²) in [6, 6.07) is 5.85. The molecule has 0 aliphatic heterocycles. The summed E-state index contributed by atoms with van der Waals surface area (Å²) in [5.74, 6) is -2.17. The first-order valence-electron chi connectivity index (χ1n) is 8.88. The lowest BCUT2D eigenvalue weighted by Gasteiger charge is -2.14. The minimum absolute atomic E-state index is 0.0544. The number of rotatable bonds is 6. The molecular weight excluding hydrogens is 388 g/mol. The molecule has 3 rings (SSSR count). The van der Waals surface area contributed by atoms with Crippen molar-refractivity contribution in [2.45, 2.75) is 26.2 Å². The maximum absolute atomic E-state index is 14.4. The van der Waals surface area contributed by atoms with Crippen molar-refractivity contribution < 1.29 is 13.6 Å². The van der Waals surface area contributed by atoms with Crippen LogP contribution in [0.15, 0.2) is 41.3 Å². The highest BCUT2D eigenvalue weighted by Gasteiger charge is 2.18. The number of aromatic nitrogens is 2.